The monoisotopic (exact) mass is 378 g/mol. The molecule has 3 unspecified atom stereocenters. The summed E-state index contributed by atoms with van der Waals surface area (Å²) < 4.78 is 6.66. The normalized spacial score (nSPS) is 56.1. The Morgan fingerprint density at radius 1 is 1.14 bits per heavy atom. The van der Waals surface area contributed by atoms with Crippen LogP contribution in [0.3, 0.4) is 0 Å². The number of hydrogen-bond acceptors (Lipinski definition) is 2. The van der Waals surface area contributed by atoms with Gasteiger partial charge in [-0.15, -0.1) is 0 Å². The highest BCUT2D eigenvalue weighted by Gasteiger charge is 2.78. The third kappa shape index (κ3) is 1.88. The van der Waals surface area contributed by atoms with Gasteiger partial charge in [0.05, 0.1) is 12.2 Å². The number of hydrogen-bond donors (Lipinski definition) is 0. The molecule has 2 nitrogen and oxygen atoms in total. The van der Waals surface area contributed by atoms with E-state index in [2.05, 4.69) is 25.2 Å². The Morgan fingerprint density at radius 2 is 2.04 bits per heavy atom. The average Bonchev–Trinajstić information content (AvgIpc) is 3.64. The topological polar surface area (TPSA) is 26.3 Å². The van der Waals surface area contributed by atoms with Crippen LogP contribution in [0.1, 0.15) is 64.7 Å². The molecule has 1 spiro atoms. The minimum Gasteiger partial charge on any atom is -0.366 e. The first kappa shape index (κ1) is 16.9. The molecule has 0 aromatic carbocycles. The fraction of sp³-hybridized carbons (Fsp3) is 0.808. The number of rotatable bonds is 2. The molecule has 7 rings (SSSR count). The largest absolute Gasteiger partial charge is 0.366 e. The van der Waals surface area contributed by atoms with Crippen LogP contribution in [0.25, 0.3) is 0 Å². The van der Waals surface area contributed by atoms with Crippen LogP contribution in [0.5, 0.6) is 0 Å². The predicted octanol–water partition coefficient (Wildman–Crippen LogP) is 5.34. The Kier molecular flexibility index (Phi) is 3.26. The maximum atomic E-state index is 12.2. The van der Waals surface area contributed by atoms with Gasteiger partial charge in [0, 0.05) is 11.8 Å². The summed E-state index contributed by atoms with van der Waals surface area (Å²) in [5.41, 5.74) is 2.04. The van der Waals surface area contributed by atoms with Crippen LogP contribution in [0, 0.1) is 52.8 Å². The van der Waals surface area contributed by atoms with Crippen molar-refractivity contribution < 1.29 is 9.53 Å². The lowest BCUT2D eigenvalue weighted by atomic mass is 9.45. The second kappa shape index (κ2) is 5.42. The molecule has 1 aliphatic heterocycles. The zero-order valence-corrected chi connectivity index (χ0v) is 17.2. The molecule has 0 saturated heterocycles. The summed E-state index contributed by atoms with van der Waals surface area (Å²) in [6.07, 6.45) is 18.5. The van der Waals surface area contributed by atoms with Crippen LogP contribution in [-0.2, 0) is 9.53 Å². The van der Waals surface area contributed by atoms with E-state index in [0.717, 1.165) is 66.8 Å². The van der Waals surface area contributed by atoms with E-state index in [0.29, 0.717) is 11.2 Å². The molecule has 9 atom stereocenters. The van der Waals surface area contributed by atoms with Crippen LogP contribution in [-0.4, -0.2) is 18.0 Å². The SMILES string of the molecule is CC[C@]12CCC3C(C1[C@H]1C[C@H]1[C@@]21C=CCO1)[C@@H](C1CC1)CC1=CC(=O)CC[C@@H]13. The second-order valence-electron chi connectivity index (χ2n) is 11.4. The van der Waals surface area contributed by atoms with Crippen molar-refractivity contribution >= 4 is 5.78 Å². The van der Waals surface area contributed by atoms with Crippen LogP contribution < -0.4 is 0 Å². The van der Waals surface area contributed by atoms with Gasteiger partial charge in [-0.3, -0.25) is 4.79 Å². The maximum Gasteiger partial charge on any atom is 0.155 e. The van der Waals surface area contributed by atoms with Gasteiger partial charge in [-0.25, -0.2) is 0 Å². The molecule has 0 amide bonds. The summed E-state index contributed by atoms with van der Waals surface area (Å²) in [7, 11) is 0. The Morgan fingerprint density at radius 3 is 2.79 bits per heavy atom. The first-order chi connectivity index (χ1) is 13.7. The summed E-state index contributed by atoms with van der Waals surface area (Å²) in [4.78, 5) is 12.2. The summed E-state index contributed by atoms with van der Waals surface area (Å²) in [5, 5.41) is 0. The highest BCUT2D eigenvalue weighted by Crippen LogP contribution is 2.79. The third-order valence-corrected chi connectivity index (χ3v) is 10.8. The van der Waals surface area contributed by atoms with Gasteiger partial charge in [0.1, 0.15) is 0 Å². The highest BCUT2D eigenvalue weighted by molar-refractivity contribution is 5.91. The number of carbonyl (C=O) groups is 1. The first-order valence-electron chi connectivity index (χ1n) is 12.2. The van der Waals surface area contributed by atoms with Crippen molar-refractivity contribution in [3.8, 4) is 0 Å². The number of allylic oxidation sites excluding steroid dienone is 1. The molecule has 28 heavy (non-hydrogen) atoms. The molecule has 0 aromatic heterocycles. The molecule has 5 saturated carbocycles. The molecule has 1 heterocycles. The Bertz CT molecular complexity index is 790. The lowest BCUT2D eigenvalue weighted by Crippen LogP contribution is -2.57. The maximum absolute atomic E-state index is 12.2. The third-order valence-electron chi connectivity index (χ3n) is 10.8. The van der Waals surface area contributed by atoms with Crippen LogP contribution in [0.4, 0.5) is 0 Å². The van der Waals surface area contributed by atoms with Crippen molar-refractivity contribution in [3.63, 3.8) is 0 Å². The first-order valence-corrected chi connectivity index (χ1v) is 12.2. The van der Waals surface area contributed by atoms with Gasteiger partial charge >= 0.3 is 0 Å². The van der Waals surface area contributed by atoms with Crippen LogP contribution in [0.15, 0.2) is 23.8 Å². The fourth-order valence-corrected chi connectivity index (χ4v) is 9.76. The number of carbonyl (C=O) groups excluding carboxylic acids is 1. The lowest BCUT2D eigenvalue weighted by molar-refractivity contribution is -0.153. The summed E-state index contributed by atoms with van der Waals surface area (Å²) >= 11 is 0. The average molecular weight is 379 g/mol. The van der Waals surface area contributed by atoms with Crippen LogP contribution >= 0.6 is 0 Å². The molecule has 7 aliphatic rings. The molecule has 5 fully saturated rings. The molecular formula is C26H34O2. The van der Waals surface area contributed by atoms with Gasteiger partial charge in [-0.1, -0.05) is 24.6 Å². The number of ketones is 1. The second-order valence-corrected chi connectivity index (χ2v) is 11.4. The lowest BCUT2D eigenvalue weighted by Gasteiger charge is -2.60. The van der Waals surface area contributed by atoms with E-state index in [4.69, 9.17) is 4.74 Å². The van der Waals surface area contributed by atoms with Crippen molar-refractivity contribution in [2.45, 2.75) is 70.3 Å². The highest BCUT2D eigenvalue weighted by atomic mass is 16.5. The Hall–Kier alpha value is -0.890. The molecule has 0 aromatic rings. The van der Waals surface area contributed by atoms with Gasteiger partial charge in [0.15, 0.2) is 5.78 Å². The van der Waals surface area contributed by atoms with E-state index < -0.39 is 0 Å². The van der Waals surface area contributed by atoms with E-state index >= 15 is 0 Å². The zero-order valence-electron chi connectivity index (χ0n) is 17.2. The van der Waals surface area contributed by atoms with E-state index in [1.165, 1.54) is 44.9 Å². The zero-order chi connectivity index (χ0) is 18.7. The standard InChI is InChI=1S/C26H34O2/c1-2-25-10-8-19-18-7-6-17(27)12-16(18)13-20(15-4-5-15)23(19)24(25)21-14-22(21)26(25)9-3-11-28-26/h3,9,12,15,18-24H,2,4-8,10-11,13-14H2,1H3/t18-,19?,20+,21-,22+,23?,24?,25-,26-/m0/s1. The van der Waals surface area contributed by atoms with Crippen molar-refractivity contribution in [2.24, 2.45) is 52.8 Å². The Balaban J connectivity index is 1.34. The molecule has 0 radical (unpaired) electrons. The molecule has 2 heteroatoms. The van der Waals surface area contributed by atoms with Gasteiger partial charge in [-0.05, 0) is 105 Å². The molecule has 0 N–H and O–H groups in total. The fourth-order valence-electron chi connectivity index (χ4n) is 9.76. The van der Waals surface area contributed by atoms with E-state index in [9.17, 15) is 4.79 Å². The smallest absolute Gasteiger partial charge is 0.155 e. The van der Waals surface area contributed by atoms with Crippen molar-refractivity contribution in [2.75, 3.05) is 6.61 Å². The predicted molar refractivity (Wildman–Crippen MR) is 108 cm³/mol. The van der Waals surface area contributed by atoms with Crippen molar-refractivity contribution in [1.82, 2.24) is 0 Å². The summed E-state index contributed by atoms with van der Waals surface area (Å²) in [6.45, 7) is 3.31. The minimum absolute atomic E-state index is 0.0782. The molecule has 150 valence electrons. The minimum atomic E-state index is 0.0782. The summed E-state index contributed by atoms with van der Waals surface area (Å²) in [6, 6.07) is 0. The summed E-state index contributed by atoms with van der Waals surface area (Å²) in [5.74, 6) is 7.31. The molecule has 6 aliphatic carbocycles. The van der Waals surface area contributed by atoms with Gasteiger partial charge < -0.3 is 4.74 Å². The Labute approximate surface area is 169 Å². The molecular weight excluding hydrogens is 344 g/mol. The van der Waals surface area contributed by atoms with Gasteiger partial charge in [0.2, 0.25) is 0 Å². The van der Waals surface area contributed by atoms with E-state index in [1.54, 1.807) is 5.57 Å². The molecule has 0 bridgehead atoms. The number of fused-ring (bicyclic) bond motifs is 9. The van der Waals surface area contributed by atoms with Gasteiger partial charge in [-0.2, -0.15) is 0 Å². The number of ether oxygens (including phenoxy) is 1. The van der Waals surface area contributed by atoms with E-state index in [-0.39, 0.29) is 5.60 Å². The van der Waals surface area contributed by atoms with Crippen molar-refractivity contribution in [3.05, 3.63) is 23.8 Å². The van der Waals surface area contributed by atoms with Gasteiger partial charge in [0.25, 0.3) is 0 Å². The van der Waals surface area contributed by atoms with Crippen molar-refractivity contribution in [1.29, 1.82) is 0 Å². The van der Waals surface area contributed by atoms with Crippen LogP contribution in [0.2, 0.25) is 0 Å². The van der Waals surface area contributed by atoms with E-state index in [1.807, 2.05) is 0 Å². The quantitative estimate of drug-likeness (QED) is 0.607.